The number of ether oxygens (including phenoxy) is 1. The summed E-state index contributed by atoms with van der Waals surface area (Å²) in [5.74, 6) is -1.74. The van der Waals surface area contributed by atoms with Crippen molar-refractivity contribution in [3.63, 3.8) is 0 Å². The molecule has 29 heavy (non-hydrogen) atoms. The number of hydrogen-bond donors (Lipinski definition) is 3. The Balaban J connectivity index is 1.91. The van der Waals surface area contributed by atoms with Crippen molar-refractivity contribution in [2.45, 2.75) is 0 Å². The number of rotatable bonds is 6. The summed E-state index contributed by atoms with van der Waals surface area (Å²) in [5.41, 5.74) is 0.721. The van der Waals surface area contributed by atoms with Gasteiger partial charge in [-0.15, -0.1) is 0 Å². The SMILES string of the molecule is COC(=O)C1=C(Nc2ccccc2C(=O)N2CCNC(=O)C2)C(=O)N(CCO)C1. The molecule has 10 nitrogen and oxygen atoms in total. The average molecular weight is 402 g/mol. The number of carbonyl (C=O) groups excluding carboxylic acids is 4. The summed E-state index contributed by atoms with van der Waals surface area (Å²) < 4.78 is 4.76. The molecule has 1 saturated heterocycles. The van der Waals surface area contributed by atoms with E-state index in [2.05, 4.69) is 10.6 Å². The van der Waals surface area contributed by atoms with Gasteiger partial charge >= 0.3 is 5.97 Å². The molecule has 1 aromatic carbocycles. The number of nitrogens with zero attached hydrogens (tertiary/aromatic N) is 2. The third-order valence-corrected chi connectivity index (χ3v) is 4.70. The van der Waals surface area contributed by atoms with Gasteiger partial charge in [0.05, 0.1) is 43.6 Å². The molecule has 154 valence electrons. The molecule has 0 bridgehead atoms. The van der Waals surface area contributed by atoms with Gasteiger partial charge in [0, 0.05) is 19.6 Å². The highest BCUT2D eigenvalue weighted by Crippen LogP contribution is 2.25. The smallest absolute Gasteiger partial charge is 0.337 e. The van der Waals surface area contributed by atoms with Gasteiger partial charge in [-0.2, -0.15) is 0 Å². The lowest BCUT2D eigenvalue weighted by molar-refractivity contribution is -0.136. The number of aliphatic hydroxyl groups is 1. The Morgan fingerprint density at radius 3 is 2.69 bits per heavy atom. The zero-order chi connectivity index (χ0) is 21.0. The van der Waals surface area contributed by atoms with Gasteiger partial charge in [0.1, 0.15) is 5.70 Å². The molecule has 10 heteroatoms. The molecule has 2 aliphatic heterocycles. The van der Waals surface area contributed by atoms with Crippen LogP contribution >= 0.6 is 0 Å². The van der Waals surface area contributed by atoms with E-state index >= 15 is 0 Å². The highest BCUT2D eigenvalue weighted by atomic mass is 16.5. The van der Waals surface area contributed by atoms with Crippen molar-refractivity contribution in [2.75, 3.05) is 51.8 Å². The van der Waals surface area contributed by atoms with E-state index in [1.54, 1.807) is 24.3 Å². The summed E-state index contributed by atoms with van der Waals surface area (Å²) in [6.07, 6.45) is 0. The second-order valence-electron chi connectivity index (χ2n) is 6.54. The summed E-state index contributed by atoms with van der Waals surface area (Å²) in [7, 11) is 1.21. The van der Waals surface area contributed by atoms with Crippen molar-refractivity contribution < 1.29 is 29.0 Å². The highest BCUT2D eigenvalue weighted by molar-refractivity contribution is 6.10. The minimum atomic E-state index is -0.669. The van der Waals surface area contributed by atoms with Crippen molar-refractivity contribution in [1.29, 1.82) is 0 Å². The van der Waals surface area contributed by atoms with E-state index in [1.165, 1.54) is 16.9 Å². The molecule has 1 fully saturated rings. The summed E-state index contributed by atoms with van der Waals surface area (Å²) in [6.45, 7) is 0.501. The first-order chi connectivity index (χ1) is 14.0. The second kappa shape index (κ2) is 8.74. The maximum Gasteiger partial charge on any atom is 0.337 e. The number of β-amino-alcohol motifs (C(OH)–C–C–N with tert-alkyl or cyclic N) is 1. The molecule has 0 atom stereocenters. The molecule has 1 aromatic rings. The number of para-hydroxylation sites is 1. The predicted molar refractivity (Wildman–Crippen MR) is 102 cm³/mol. The number of carbonyl (C=O) groups is 4. The van der Waals surface area contributed by atoms with Crippen molar-refractivity contribution in [3.05, 3.63) is 41.1 Å². The van der Waals surface area contributed by atoms with Crippen LogP contribution < -0.4 is 10.6 Å². The molecular weight excluding hydrogens is 380 g/mol. The molecule has 2 heterocycles. The van der Waals surface area contributed by atoms with Crippen molar-refractivity contribution in [1.82, 2.24) is 15.1 Å². The van der Waals surface area contributed by atoms with Crippen LogP contribution in [0.3, 0.4) is 0 Å². The van der Waals surface area contributed by atoms with Gasteiger partial charge in [0.25, 0.3) is 11.8 Å². The Labute approximate surface area is 167 Å². The number of aliphatic hydroxyl groups excluding tert-OH is 1. The van der Waals surface area contributed by atoms with Crippen molar-refractivity contribution in [2.24, 2.45) is 0 Å². The molecule has 0 unspecified atom stereocenters. The molecule has 0 aliphatic carbocycles. The van der Waals surface area contributed by atoms with Crippen LogP contribution in [-0.2, 0) is 19.1 Å². The topological polar surface area (TPSA) is 128 Å². The number of benzene rings is 1. The van der Waals surface area contributed by atoms with Crippen LogP contribution in [0.2, 0.25) is 0 Å². The zero-order valence-electron chi connectivity index (χ0n) is 15.9. The molecule has 0 spiro atoms. The summed E-state index contributed by atoms with van der Waals surface area (Å²) >= 11 is 0. The standard InChI is InChI=1S/C19H22N4O6/c1-29-19(28)13-10-23(8-9-24)18(27)16(13)21-14-5-3-2-4-12(14)17(26)22-7-6-20-15(25)11-22/h2-5,21,24H,6-11H2,1H3,(H,20,25). The van der Waals surface area contributed by atoms with Gasteiger partial charge in [0.2, 0.25) is 5.91 Å². The van der Waals surface area contributed by atoms with E-state index < -0.39 is 11.9 Å². The molecule has 3 rings (SSSR count). The Hall–Kier alpha value is -3.40. The van der Waals surface area contributed by atoms with Crippen LogP contribution in [-0.4, -0.2) is 85.0 Å². The number of methoxy groups -OCH3 is 1. The third kappa shape index (κ3) is 4.21. The van der Waals surface area contributed by atoms with E-state index in [9.17, 15) is 19.2 Å². The largest absolute Gasteiger partial charge is 0.466 e. The fourth-order valence-electron chi connectivity index (χ4n) is 3.24. The first-order valence-electron chi connectivity index (χ1n) is 9.10. The molecule has 3 amide bonds. The van der Waals surface area contributed by atoms with Crippen LogP contribution in [0, 0.1) is 0 Å². The Bertz CT molecular complexity index is 881. The molecule has 3 N–H and O–H groups in total. The van der Waals surface area contributed by atoms with Gasteiger partial charge in [-0.3, -0.25) is 14.4 Å². The number of amides is 3. The lowest BCUT2D eigenvalue weighted by atomic mass is 10.1. The fraction of sp³-hybridized carbons (Fsp3) is 0.368. The van der Waals surface area contributed by atoms with Crippen molar-refractivity contribution in [3.8, 4) is 0 Å². The number of nitrogens with one attached hydrogen (secondary N) is 2. The lowest BCUT2D eigenvalue weighted by Gasteiger charge is -2.27. The zero-order valence-corrected chi connectivity index (χ0v) is 15.9. The summed E-state index contributed by atoms with van der Waals surface area (Å²) in [4.78, 5) is 52.1. The quantitative estimate of drug-likeness (QED) is 0.517. The maximum atomic E-state index is 12.9. The normalized spacial score (nSPS) is 16.8. The van der Waals surface area contributed by atoms with Gasteiger partial charge < -0.3 is 30.3 Å². The molecule has 2 aliphatic rings. The lowest BCUT2D eigenvalue weighted by Crippen LogP contribution is -2.50. The van der Waals surface area contributed by atoms with Gasteiger partial charge in [-0.05, 0) is 12.1 Å². The van der Waals surface area contributed by atoms with Gasteiger partial charge in [-0.25, -0.2) is 4.79 Å². The van der Waals surface area contributed by atoms with Crippen LogP contribution in [0.25, 0.3) is 0 Å². The van der Waals surface area contributed by atoms with E-state index in [0.29, 0.717) is 18.8 Å². The van der Waals surface area contributed by atoms with Crippen molar-refractivity contribution >= 4 is 29.4 Å². The number of esters is 1. The van der Waals surface area contributed by atoms with E-state index in [1.807, 2.05) is 0 Å². The first kappa shape index (κ1) is 20.3. The first-order valence-corrected chi connectivity index (χ1v) is 9.10. The van der Waals surface area contributed by atoms with E-state index in [-0.39, 0.29) is 54.9 Å². The van der Waals surface area contributed by atoms with Gasteiger partial charge in [-0.1, -0.05) is 12.1 Å². The number of anilines is 1. The predicted octanol–water partition coefficient (Wildman–Crippen LogP) is -1.07. The van der Waals surface area contributed by atoms with Crippen LogP contribution in [0.5, 0.6) is 0 Å². The Kier molecular flexibility index (Phi) is 6.13. The third-order valence-electron chi connectivity index (χ3n) is 4.70. The van der Waals surface area contributed by atoms with Crippen LogP contribution in [0.1, 0.15) is 10.4 Å². The van der Waals surface area contributed by atoms with Crippen LogP contribution in [0.4, 0.5) is 5.69 Å². The molecular formula is C19H22N4O6. The second-order valence-corrected chi connectivity index (χ2v) is 6.54. The van der Waals surface area contributed by atoms with E-state index in [4.69, 9.17) is 9.84 Å². The number of piperazine rings is 1. The van der Waals surface area contributed by atoms with Gasteiger partial charge in [0.15, 0.2) is 0 Å². The molecule has 0 radical (unpaired) electrons. The summed E-state index contributed by atoms with van der Waals surface area (Å²) in [5, 5.41) is 14.7. The minimum Gasteiger partial charge on any atom is -0.466 e. The minimum absolute atomic E-state index is 0.00179. The molecule has 0 aromatic heterocycles. The number of hydrogen-bond acceptors (Lipinski definition) is 7. The molecule has 0 saturated carbocycles. The highest BCUT2D eigenvalue weighted by Gasteiger charge is 2.35. The van der Waals surface area contributed by atoms with E-state index in [0.717, 1.165) is 0 Å². The Morgan fingerprint density at radius 2 is 2.00 bits per heavy atom. The van der Waals surface area contributed by atoms with Crippen LogP contribution in [0.15, 0.2) is 35.5 Å². The maximum absolute atomic E-state index is 12.9. The monoisotopic (exact) mass is 402 g/mol. The average Bonchev–Trinajstić information content (AvgIpc) is 3.03. The fourth-order valence-corrected chi connectivity index (χ4v) is 3.24. The summed E-state index contributed by atoms with van der Waals surface area (Å²) in [6, 6.07) is 6.56. The Morgan fingerprint density at radius 1 is 1.24 bits per heavy atom.